The second-order valence-electron chi connectivity index (χ2n) is 4.27. The molecule has 1 aromatic heterocycles. The van der Waals surface area contributed by atoms with Gasteiger partial charge in [-0.05, 0) is 30.7 Å². The fraction of sp³-hybridized carbons (Fsp3) is 0.308. The highest BCUT2D eigenvalue weighted by Gasteiger charge is 2.04. The van der Waals surface area contributed by atoms with E-state index >= 15 is 0 Å². The molecule has 1 aromatic carbocycles. The van der Waals surface area contributed by atoms with Gasteiger partial charge in [0.1, 0.15) is 0 Å². The Balaban J connectivity index is 2.30. The number of fused-ring (bicyclic) bond motifs is 1. The topological polar surface area (TPSA) is 65.1 Å². The van der Waals surface area contributed by atoms with Crippen molar-refractivity contribution < 1.29 is 5.11 Å². The predicted molar refractivity (Wildman–Crippen MR) is 74.5 cm³/mol. The third-order valence-electron chi connectivity index (χ3n) is 2.77. The van der Waals surface area contributed by atoms with Gasteiger partial charge in [-0.2, -0.15) is 0 Å². The highest BCUT2D eigenvalue weighted by atomic mass is 35.5. The first-order valence-corrected chi connectivity index (χ1v) is 6.25. The smallest absolute Gasteiger partial charge is 0.248 e. The number of alkyl halides is 1. The number of aryl methyl sites for hydroxylation is 1. The van der Waals surface area contributed by atoms with Crippen molar-refractivity contribution in [2.24, 2.45) is 0 Å². The standard InChI is InChI=1S/C13H15ClN2O2/c1-8-4-13(18)16-12-3-2-9(5-11(8)12)15-7-10(17)6-14/h2-5,10,15,17H,6-7H2,1H3,(H,16,18). The second kappa shape index (κ2) is 5.42. The molecular formula is C13H15ClN2O2. The minimum atomic E-state index is -0.570. The Bertz CT molecular complexity index is 609. The Kier molecular flexibility index (Phi) is 3.89. The Hall–Kier alpha value is -1.52. The summed E-state index contributed by atoms with van der Waals surface area (Å²) in [4.78, 5) is 14.1. The van der Waals surface area contributed by atoms with E-state index in [1.54, 1.807) is 6.07 Å². The molecule has 0 aliphatic rings. The normalized spacial score (nSPS) is 12.6. The number of aromatic amines is 1. The molecule has 3 N–H and O–H groups in total. The van der Waals surface area contributed by atoms with E-state index in [1.165, 1.54) is 0 Å². The molecule has 18 heavy (non-hydrogen) atoms. The van der Waals surface area contributed by atoms with Crippen LogP contribution in [0.4, 0.5) is 5.69 Å². The minimum absolute atomic E-state index is 0.0988. The first kappa shape index (κ1) is 12.9. The lowest BCUT2D eigenvalue weighted by atomic mass is 10.1. The third kappa shape index (κ3) is 2.83. The number of hydrogen-bond donors (Lipinski definition) is 3. The lowest BCUT2D eigenvalue weighted by Crippen LogP contribution is -2.20. The summed E-state index contributed by atoms with van der Waals surface area (Å²) in [5.41, 5.74) is 2.53. The molecule has 1 unspecified atom stereocenters. The number of anilines is 1. The lowest BCUT2D eigenvalue weighted by Gasteiger charge is -2.11. The monoisotopic (exact) mass is 266 g/mol. The fourth-order valence-electron chi connectivity index (χ4n) is 1.82. The van der Waals surface area contributed by atoms with Gasteiger partial charge >= 0.3 is 0 Å². The molecule has 0 fully saturated rings. The molecule has 0 saturated heterocycles. The molecule has 4 nitrogen and oxygen atoms in total. The number of aromatic nitrogens is 1. The first-order chi connectivity index (χ1) is 8.60. The number of aliphatic hydroxyl groups excluding tert-OH is 1. The van der Waals surface area contributed by atoms with Crippen LogP contribution in [0.15, 0.2) is 29.1 Å². The molecular weight excluding hydrogens is 252 g/mol. The summed E-state index contributed by atoms with van der Waals surface area (Å²) < 4.78 is 0. The largest absolute Gasteiger partial charge is 0.390 e. The van der Waals surface area contributed by atoms with Crippen LogP contribution in [-0.2, 0) is 0 Å². The van der Waals surface area contributed by atoms with Gasteiger partial charge in [0.2, 0.25) is 5.56 Å². The van der Waals surface area contributed by atoms with Crippen LogP contribution in [-0.4, -0.2) is 28.6 Å². The molecule has 1 heterocycles. The highest BCUT2D eigenvalue weighted by molar-refractivity contribution is 6.18. The summed E-state index contributed by atoms with van der Waals surface area (Å²) in [6, 6.07) is 7.22. The van der Waals surface area contributed by atoms with Crippen molar-refractivity contribution in [3.05, 3.63) is 40.2 Å². The molecule has 1 atom stereocenters. The van der Waals surface area contributed by atoms with Gasteiger partial charge in [-0.3, -0.25) is 4.79 Å². The number of halogens is 1. The number of hydrogen-bond acceptors (Lipinski definition) is 3. The molecule has 96 valence electrons. The average Bonchev–Trinajstić information content (AvgIpc) is 2.36. The van der Waals surface area contributed by atoms with Crippen LogP contribution in [0.5, 0.6) is 0 Å². The van der Waals surface area contributed by atoms with E-state index in [1.807, 2.05) is 25.1 Å². The number of pyridine rings is 1. The molecule has 2 aromatic rings. The summed E-state index contributed by atoms with van der Waals surface area (Å²) in [7, 11) is 0. The quantitative estimate of drug-likeness (QED) is 0.740. The molecule has 0 saturated carbocycles. The minimum Gasteiger partial charge on any atom is -0.390 e. The average molecular weight is 267 g/mol. The first-order valence-electron chi connectivity index (χ1n) is 5.72. The van der Waals surface area contributed by atoms with E-state index in [-0.39, 0.29) is 11.4 Å². The zero-order chi connectivity index (χ0) is 13.1. The van der Waals surface area contributed by atoms with Crippen LogP contribution < -0.4 is 10.9 Å². The van der Waals surface area contributed by atoms with Crippen molar-refractivity contribution in [1.82, 2.24) is 4.98 Å². The molecule has 2 rings (SSSR count). The van der Waals surface area contributed by atoms with Crippen LogP contribution in [0.1, 0.15) is 5.56 Å². The maximum Gasteiger partial charge on any atom is 0.248 e. The molecule has 0 aliphatic heterocycles. The second-order valence-corrected chi connectivity index (χ2v) is 4.57. The van der Waals surface area contributed by atoms with E-state index in [0.29, 0.717) is 6.54 Å². The number of nitrogens with one attached hydrogen (secondary N) is 2. The summed E-state index contributed by atoms with van der Waals surface area (Å²) >= 11 is 5.53. The SMILES string of the molecule is Cc1cc(=O)[nH]c2ccc(NCC(O)CCl)cc12. The number of aliphatic hydroxyl groups is 1. The summed E-state index contributed by atoms with van der Waals surface area (Å²) in [5.74, 6) is 0.201. The predicted octanol–water partition coefficient (Wildman–Crippen LogP) is 1.85. The van der Waals surface area contributed by atoms with Crippen molar-refractivity contribution >= 4 is 28.2 Å². The van der Waals surface area contributed by atoms with Gasteiger partial charge in [-0.25, -0.2) is 0 Å². The number of benzene rings is 1. The maximum atomic E-state index is 11.3. The van der Waals surface area contributed by atoms with E-state index in [2.05, 4.69) is 10.3 Å². The van der Waals surface area contributed by atoms with E-state index in [9.17, 15) is 9.90 Å². The van der Waals surface area contributed by atoms with Gasteiger partial charge in [-0.1, -0.05) is 0 Å². The Labute approximate surface area is 110 Å². The molecule has 0 bridgehead atoms. The molecule has 0 amide bonds. The van der Waals surface area contributed by atoms with E-state index in [4.69, 9.17) is 11.6 Å². The number of H-pyrrole nitrogens is 1. The van der Waals surface area contributed by atoms with E-state index < -0.39 is 6.10 Å². The van der Waals surface area contributed by atoms with Gasteiger partial charge in [0.15, 0.2) is 0 Å². The third-order valence-corrected chi connectivity index (χ3v) is 3.13. The van der Waals surface area contributed by atoms with Crippen molar-refractivity contribution in [3.63, 3.8) is 0 Å². The van der Waals surface area contributed by atoms with Crippen molar-refractivity contribution in [3.8, 4) is 0 Å². The Morgan fingerprint density at radius 3 is 2.94 bits per heavy atom. The van der Waals surface area contributed by atoms with Gasteiger partial charge in [0.05, 0.1) is 12.0 Å². The molecule has 5 heteroatoms. The molecule has 0 radical (unpaired) electrons. The van der Waals surface area contributed by atoms with Crippen LogP contribution in [0.3, 0.4) is 0 Å². The van der Waals surface area contributed by atoms with E-state index in [0.717, 1.165) is 22.2 Å². The van der Waals surface area contributed by atoms with Gasteiger partial charge in [0, 0.05) is 29.2 Å². The van der Waals surface area contributed by atoms with Crippen LogP contribution in [0, 0.1) is 6.92 Å². The van der Waals surface area contributed by atoms with Crippen molar-refractivity contribution in [1.29, 1.82) is 0 Å². The summed E-state index contributed by atoms with van der Waals surface area (Å²) in [6.07, 6.45) is -0.570. The molecule has 0 aliphatic carbocycles. The Morgan fingerprint density at radius 2 is 2.22 bits per heavy atom. The molecule has 0 spiro atoms. The zero-order valence-corrected chi connectivity index (χ0v) is 10.8. The highest BCUT2D eigenvalue weighted by Crippen LogP contribution is 2.19. The zero-order valence-electron chi connectivity index (χ0n) is 10.0. The lowest BCUT2D eigenvalue weighted by molar-refractivity contribution is 0.211. The number of rotatable bonds is 4. The Morgan fingerprint density at radius 1 is 1.44 bits per heavy atom. The van der Waals surface area contributed by atoms with Crippen LogP contribution in [0.2, 0.25) is 0 Å². The van der Waals surface area contributed by atoms with Crippen LogP contribution in [0.25, 0.3) is 10.9 Å². The van der Waals surface area contributed by atoms with Crippen molar-refractivity contribution in [2.45, 2.75) is 13.0 Å². The van der Waals surface area contributed by atoms with Gasteiger partial charge in [0.25, 0.3) is 0 Å². The van der Waals surface area contributed by atoms with Gasteiger partial charge < -0.3 is 15.4 Å². The summed E-state index contributed by atoms with van der Waals surface area (Å²) in [6.45, 7) is 2.30. The fourth-order valence-corrected chi connectivity index (χ4v) is 1.93. The van der Waals surface area contributed by atoms with Crippen LogP contribution >= 0.6 is 11.6 Å². The van der Waals surface area contributed by atoms with Gasteiger partial charge in [-0.15, -0.1) is 11.6 Å². The maximum absolute atomic E-state index is 11.3. The van der Waals surface area contributed by atoms with Crippen molar-refractivity contribution in [2.75, 3.05) is 17.7 Å². The summed E-state index contributed by atoms with van der Waals surface area (Å²) in [5, 5.41) is 13.5.